The first-order chi connectivity index (χ1) is 7.86. The monoisotopic (exact) mass is 276 g/mol. The van der Waals surface area contributed by atoms with Crippen LogP contribution in [-0.2, 0) is 10.0 Å². The molecule has 0 fully saturated rings. The summed E-state index contributed by atoms with van der Waals surface area (Å²) >= 11 is 5.81. The van der Waals surface area contributed by atoms with E-state index in [-0.39, 0.29) is 10.9 Å². The zero-order valence-electron chi connectivity index (χ0n) is 10.1. The van der Waals surface area contributed by atoms with Gasteiger partial charge in [-0.3, -0.25) is 0 Å². The van der Waals surface area contributed by atoms with E-state index in [4.69, 9.17) is 11.6 Å². The van der Waals surface area contributed by atoms with E-state index < -0.39 is 10.0 Å². The third-order valence-corrected chi connectivity index (χ3v) is 4.31. The van der Waals surface area contributed by atoms with Crippen molar-refractivity contribution in [2.75, 3.05) is 13.6 Å². The predicted octanol–water partition coefficient (Wildman–Crippen LogP) is 1.53. The number of likely N-dealkylation sites (N-methyl/N-ethyl adjacent to an activating group) is 1. The van der Waals surface area contributed by atoms with Crippen LogP contribution in [0.25, 0.3) is 0 Å². The first kappa shape index (κ1) is 14.4. The topological polar surface area (TPSA) is 58.2 Å². The Balaban J connectivity index is 2.93. The van der Waals surface area contributed by atoms with Crippen molar-refractivity contribution in [3.63, 3.8) is 0 Å². The van der Waals surface area contributed by atoms with E-state index in [0.717, 1.165) is 0 Å². The van der Waals surface area contributed by atoms with Crippen molar-refractivity contribution in [3.05, 3.63) is 28.8 Å². The van der Waals surface area contributed by atoms with Crippen LogP contribution in [0.2, 0.25) is 5.02 Å². The Labute approximate surface area is 107 Å². The van der Waals surface area contributed by atoms with Gasteiger partial charge in [-0.05, 0) is 38.6 Å². The van der Waals surface area contributed by atoms with Crippen molar-refractivity contribution in [2.24, 2.45) is 0 Å². The summed E-state index contributed by atoms with van der Waals surface area (Å²) in [5.41, 5.74) is 0.680. The lowest BCUT2D eigenvalue weighted by Crippen LogP contribution is -2.37. The Morgan fingerprint density at radius 3 is 2.65 bits per heavy atom. The molecule has 0 aliphatic heterocycles. The number of nitrogens with one attached hydrogen (secondary N) is 2. The second-order valence-corrected chi connectivity index (χ2v) is 6.12. The van der Waals surface area contributed by atoms with Gasteiger partial charge >= 0.3 is 0 Å². The maximum atomic E-state index is 12.0. The van der Waals surface area contributed by atoms with E-state index in [1.165, 1.54) is 6.07 Å². The Hall–Kier alpha value is -0.620. The van der Waals surface area contributed by atoms with Crippen LogP contribution in [0.4, 0.5) is 0 Å². The maximum absolute atomic E-state index is 12.0. The van der Waals surface area contributed by atoms with Gasteiger partial charge in [0.15, 0.2) is 0 Å². The zero-order valence-corrected chi connectivity index (χ0v) is 11.7. The molecule has 1 rings (SSSR count). The highest BCUT2D eigenvalue weighted by Crippen LogP contribution is 2.19. The highest BCUT2D eigenvalue weighted by Gasteiger charge is 2.17. The van der Waals surface area contributed by atoms with E-state index >= 15 is 0 Å². The zero-order chi connectivity index (χ0) is 13.1. The van der Waals surface area contributed by atoms with Crippen LogP contribution in [0.1, 0.15) is 12.5 Å². The summed E-state index contributed by atoms with van der Waals surface area (Å²) in [6, 6.07) is 4.90. The largest absolute Gasteiger partial charge is 0.316 e. The third kappa shape index (κ3) is 3.96. The Bertz CT molecular complexity index is 488. The Morgan fingerprint density at radius 1 is 1.41 bits per heavy atom. The normalized spacial score (nSPS) is 13.6. The standard InChI is InChI=1S/C11H17ClN2O2S/c1-8-4-5-10(12)6-11(8)17(15,16)14-7-9(2)13-3/h4-6,9,13-14H,7H2,1-3H3. The molecule has 0 amide bonds. The van der Waals surface area contributed by atoms with Gasteiger partial charge in [0.1, 0.15) is 0 Å². The van der Waals surface area contributed by atoms with Crippen molar-refractivity contribution in [1.82, 2.24) is 10.0 Å². The van der Waals surface area contributed by atoms with E-state index in [1.54, 1.807) is 26.1 Å². The van der Waals surface area contributed by atoms with Gasteiger partial charge in [0.25, 0.3) is 0 Å². The molecular formula is C11H17ClN2O2S. The summed E-state index contributed by atoms with van der Waals surface area (Å²) in [4.78, 5) is 0.230. The fourth-order valence-electron chi connectivity index (χ4n) is 1.28. The number of aryl methyl sites for hydroxylation is 1. The summed E-state index contributed by atoms with van der Waals surface area (Å²) in [6.45, 7) is 3.98. The maximum Gasteiger partial charge on any atom is 0.240 e. The van der Waals surface area contributed by atoms with Gasteiger partial charge in [0.2, 0.25) is 10.0 Å². The molecule has 0 bridgehead atoms. The Morgan fingerprint density at radius 2 is 2.06 bits per heavy atom. The second-order valence-electron chi connectivity index (χ2n) is 3.95. The van der Waals surface area contributed by atoms with Crippen LogP contribution < -0.4 is 10.0 Å². The number of hydrogen-bond donors (Lipinski definition) is 2. The molecule has 4 nitrogen and oxygen atoms in total. The van der Waals surface area contributed by atoms with Crippen molar-refractivity contribution < 1.29 is 8.42 Å². The average molecular weight is 277 g/mol. The summed E-state index contributed by atoms with van der Waals surface area (Å²) < 4.78 is 26.6. The van der Waals surface area contributed by atoms with Gasteiger partial charge in [0, 0.05) is 17.6 Å². The van der Waals surface area contributed by atoms with E-state index in [2.05, 4.69) is 10.0 Å². The second kappa shape index (κ2) is 5.82. The average Bonchev–Trinajstić information content (AvgIpc) is 2.29. The molecule has 1 aromatic rings. The number of rotatable bonds is 5. The minimum absolute atomic E-state index is 0.0734. The minimum atomic E-state index is -3.49. The first-order valence-corrected chi connectivity index (χ1v) is 7.16. The molecule has 1 unspecified atom stereocenters. The first-order valence-electron chi connectivity index (χ1n) is 5.30. The summed E-state index contributed by atoms with van der Waals surface area (Å²) in [7, 11) is -1.71. The molecule has 1 aromatic carbocycles. The van der Waals surface area contributed by atoms with Crippen molar-refractivity contribution in [3.8, 4) is 0 Å². The highest BCUT2D eigenvalue weighted by atomic mass is 35.5. The predicted molar refractivity (Wildman–Crippen MR) is 69.9 cm³/mol. The molecule has 0 radical (unpaired) electrons. The molecule has 0 aliphatic rings. The van der Waals surface area contributed by atoms with Gasteiger partial charge < -0.3 is 5.32 Å². The summed E-state index contributed by atoms with van der Waals surface area (Å²) in [5, 5.41) is 3.38. The quantitative estimate of drug-likeness (QED) is 0.858. The fourth-order valence-corrected chi connectivity index (χ4v) is 2.91. The lowest BCUT2D eigenvalue weighted by Gasteiger charge is -2.13. The van der Waals surface area contributed by atoms with Crippen molar-refractivity contribution in [2.45, 2.75) is 24.8 Å². The molecule has 0 spiro atoms. The molecule has 6 heteroatoms. The van der Waals surface area contributed by atoms with Crippen LogP contribution in [-0.4, -0.2) is 28.1 Å². The lowest BCUT2D eigenvalue weighted by atomic mass is 10.2. The number of hydrogen-bond acceptors (Lipinski definition) is 3. The molecule has 0 aromatic heterocycles. The molecule has 96 valence electrons. The smallest absolute Gasteiger partial charge is 0.240 e. The summed E-state index contributed by atoms with van der Waals surface area (Å²) in [6.07, 6.45) is 0. The van der Waals surface area contributed by atoms with Gasteiger partial charge in [-0.2, -0.15) is 0 Å². The van der Waals surface area contributed by atoms with E-state index in [9.17, 15) is 8.42 Å². The molecule has 2 N–H and O–H groups in total. The third-order valence-electron chi connectivity index (χ3n) is 2.51. The van der Waals surface area contributed by atoms with Gasteiger partial charge in [-0.1, -0.05) is 17.7 Å². The van der Waals surface area contributed by atoms with E-state index in [0.29, 0.717) is 17.1 Å². The van der Waals surface area contributed by atoms with Gasteiger partial charge in [-0.25, -0.2) is 13.1 Å². The number of halogens is 1. The Kier molecular flexibility index (Phi) is 4.94. The van der Waals surface area contributed by atoms with E-state index in [1.807, 2.05) is 6.92 Å². The van der Waals surface area contributed by atoms with Crippen LogP contribution in [0.3, 0.4) is 0 Å². The summed E-state index contributed by atoms with van der Waals surface area (Å²) in [5.74, 6) is 0. The lowest BCUT2D eigenvalue weighted by molar-refractivity contribution is 0.554. The van der Waals surface area contributed by atoms with Gasteiger partial charge in [0.05, 0.1) is 4.90 Å². The van der Waals surface area contributed by atoms with Crippen molar-refractivity contribution >= 4 is 21.6 Å². The number of benzene rings is 1. The van der Waals surface area contributed by atoms with Crippen LogP contribution in [0, 0.1) is 6.92 Å². The van der Waals surface area contributed by atoms with Gasteiger partial charge in [-0.15, -0.1) is 0 Å². The number of sulfonamides is 1. The molecule has 0 saturated carbocycles. The molecule has 0 saturated heterocycles. The van der Waals surface area contributed by atoms with Crippen molar-refractivity contribution in [1.29, 1.82) is 0 Å². The molecule has 1 atom stereocenters. The SMILES string of the molecule is CNC(C)CNS(=O)(=O)c1cc(Cl)ccc1C. The van der Waals surface area contributed by atoms with Crippen LogP contribution in [0.5, 0.6) is 0 Å². The molecular weight excluding hydrogens is 260 g/mol. The molecule has 0 aliphatic carbocycles. The minimum Gasteiger partial charge on any atom is -0.316 e. The molecule has 17 heavy (non-hydrogen) atoms. The fraction of sp³-hybridized carbons (Fsp3) is 0.455. The van der Waals surface area contributed by atoms with Crippen LogP contribution >= 0.6 is 11.6 Å². The van der Waals surface area contributed by atoms with Crippen LogP contribution in [0.15, 0.2) is 23.1 Å². The highest BCUT2D eigenvalue weighted by molar-refractivity contribution is 7.89. The molecule has 0 heterocycles.